The monoisotopic (exact) mass is 1260 g/mol. The summed E-state index contributed by atoms with van der Waals surface area (Å²) < 4.78 is 22.9. The van der Waals surface area contributed by atoms with Crippen molar-refractivity contribution in [3.05, 3.63) is 99.2 Å². The first-order valence-electron chi connectivity index (χ1n) is 18.3. The third-order valence-electron chi connectivity index (χ3n) is 11.6. The number of carboxylic acids is 1. The second-order valence-corrected chi connectivity index (χ2v) is 19.9. The molecule has 12 atom stereocenters. The van der Waals surface area contributed by atoms with E-state index in [2.05, 4.69) is 106 Å². The smallest absolute Gasteiger partial charge is 0.338 e. The van der Waals surface area contributed by atoms with Crippen molar-refractivity contribution >= 4 is 120 Å². The van der Waals surface area contributed by atoms with Gasteiger partial charge in [-0.1, -0.05) is 0 Å². The number of ether oxygens (including phenoxy) is 3. The maximum absolute atomic E-state index is 12.5. The zero-order valence-electron chi connectivity index (χ0n) is 30.5. The van der Waals surface area contributed by atoms with Gasteiger partial charge in [0.15, 0.2) is 0 Å². The minimum absolute atomic E-state index is 0.0290. The molecule has 4 saturated carbocycles. The molecule has 0 radical (unpaired) electrons. The normalized spacial score (nSPS) is 30.9. The molecule has 4 heterocycles. The lowest BCUT2D eigenvalue weighted by molar-refractivity contribution is -0.157. The van der Waals surface area contributed by atoms with Crippen molar-refractivity contribution in [2.24, 2.45) is 47.3 Å². The highest BCUT2D eigenvalue weighted by Crippen LogP contribution is 2.59. The van der Waals surface area contributed by atoms with Gasteiger partial charge in [0.25, 0.3) is 0 Å². The van der Waals surface area contributed by atoms with Crippen LogP contribution in [0.2, 0.25) is 0 Å². The van der Waals surface area contributed by atoms with Crippen LogP contribution < -0.4 is 0 Å². The quantitative estimate of drug-likeness (QED) is 0.124. The first kappa shape index (κ1) is 44.3. The number of esters is 3. The number of hydrogen-bond acceptors (Lipinski definition) is 13. The molecule has 312 valence electrons. The highest BCUT2D eigenvalue weighted by Gasteiger charge is 2.69. The van der Waals surface area contributed by atoms with Crippen molar-refractivity contribution in [2.75, 3.05) is 0 Å². The van der Waals surface area contributed by atoms with Crippen LogP contribution in [0, 0.1) is 61.6 Å². The Morgan fingerprint density at radius 3 is 1.56 bits per heavy atom. The Bertz CT molecular complexity index is 2150. The molecule has 6 fully saturated rings. The number of aliphatic carboxylic acids is 1. The third kappa shape index (κ3) is 9.22. The van der Waals surface area contributed by atoms with Gasteiger partial charge in [-0.3, -0.25) is 28.3 Å². The highest BCUT2D eigenvalue weighted by molar-refractivity contribution is 14.1. The Kier molecular flexibility index (Phi) is 14.0. The van der Waals surface area contributed by atoms with E-state index in [1.165, 1.54) is 28.9 Å². The van der Waals surface area contributed by atoms with Gasteiger partial charge in [-0.15, -0.1) is 0 Å². The summed E-state index contributed by atoms with van der Waals surface area (Å²) in [4.78, 5) is 65.7. The Labute approximate surface area is 391 Å². The lowest BCUT2D eigenvalue weighted by Gasteiger charge is -2.27. The van der Waals surface area contributed by atoms with Crippen LogP contribution in [-0.4, -0.2) is 93.9 Å². The standard InChI is InChI=1S/C16H14I2O5.C9H10O5.C7H6I2O.C7H6N4O/c17-7-1-6(2-8(18)3-7)5-22-15(20)11-9-4-10-12(11)16(21)23-14(10)13(9)19;10-6-2-1-3-5(4(2)8(11)12)9(13)14-7(3)6;8-6-1-5(4-10)2-7(9)3-6;12-7(10-3-1-8-5-10)11-4-2-9-6-11/h1-3,9-14,19H,4-5H2;2-7,10H,1H2,(H,11,12);1-3,10H,4H2;1-6H. The molecule has 12 unspecified atom stereocenters. The number of aliphatic hydroxyl groups is 3. The number of imidazole rings is 2. The van der Waals surface area contributed by atoms with Crippen molar-refractivity contribution in [2.45, 2.75) is 50.5 Å². The Hall–Kier alpha value is -2.79. The molecule has 4 aromatic rings. The van der Waals surface area contributed by atoms with Gasteiger partial charge < -0.3 is 34.6 Å². The number of halogens is 4. The Balaban J connectivity index is 0.000000127. The number of nitrogens with zero attached hydrogens (tertiary/aromatic N) is 4. The summed E-state index contributed by atoms with van der Waals surface area (Å²) in [6.45, 7) is 0.313. The van der Waals surface area contributed by atoms with Crippen molar-refractivity contribution in [1.29, 1.82) is 0 Å². The molecule has 4 aliphatic carbocycles. The maximum Gasteiger partial charge on any atom is 0.338 e. The average Bonchev–Trinajstić information content (AvgIpc) is 4.05. The molecule has 6 aliphatic rings. The van der Waals surface area contributed by atoms with Gasteiger partial charge in [-0.05, 0) is 151 Å². The van der Waals surface area contributed by atoms with Gasteiger partial charge in [0.1, 0.15) is 31.5 Å². The van der Waals surface area contributed by atoms with Gasteiger partial charge in [0, 0.05) is 62.7 Å². The fraction of sp³-hybridized carbons (Fsp3) is 0.410. The number of aromatic nitrogens is 4. The van der Waals surface area contributed by atoms with Gasteiger partial charge >= 0.3 is 29.9 Å². The van der Waals surface area contributed by atoms with E-state index in [1.54, 1.807) is 24.8 Å². The molecule has 2 saturated heterocycles. The van der Waals surface area contributed by atoms with E-state index in [-0.39, 0.29) is 48.9 Å². The van der Waals surface area contributed by atoms with E-state index >= 15 is 0 Å². The van der Waals surface area contributed by atoms with Crippen molar-refractivity contribution in [3.63, 3.8) is 0 Å². The SMILES string of the molecule is O=C(O)C1C2CC3C(OC(=O)C31)C2O.O=C(OCc1cc(I)cc(I)c1)C1C2CC3C(OC(=O)C31)C2O.O=C(n1ccnc1)n1ccnc1.OCc1cc(I)cc(I)c1. The number of rotatable bonds is 5. The predicted molar refractivity (Wildman–Crippen MR) is 237 cm³/mol. The summed E-state index contributed by atoms with van der Waals surface area (Å²) in [6, 6.07) is 11.8. The number of aliphatic hydroxyl groups excluding tert-OH is 3. The van der Waals surface area contributed by atoms with Crippen LogP contribution in [0.25, 0.3) is 0 Å². The zero-order chi connectivity index (χ0) is 42.3. The molecule has 0 spiro atoms. The van der Waals surface area contributed by atoms with Crippen molar-refractivity contribution in [3.8, 4) is 0 Å². The third-order valence-corrected chi connectivity index (χ3v) is 14.1. The molecule has 16 nitrogen and oxygen atoms in total. The summed E-state index contributed by atoms with van der Waals surface area (Å²) in [6.07, 6.45) is 8.08. The highest BCUT2D eigenvalue weighted by atomic mass is 127. The van der Waals surface area contributed by atoms with Crippen molar-refractivity contribution in [1.82, 2.24) is 19.1 Å². The van der Waals surface area contributed by atoms with E-state index in [0.717, 1.165) is 18.3 Å². The van der Waals surface area contributed by atoms with Crippen LogP contribution in [0.1, 0.15) is 24.0 Å². The summed E-state index contributed by atoms with van der Waals surface area (Å²) >= 11 is 8.92. The summed E-state index contributed by atoms with van der Waals surface area (Å²) in [5, 5.41) is 37.7. The number of carboxylic acid groups (broad SMARTS) is 1. The summed E-state index contributed by atoms with van der Waals surface area (Å²) in [5.41, 5.74) is 1.90. The molecular formula is C39H36I4N4O12. The first-order valence-corrected chi connectivity index (χ1v) is 22.7. The molecule has 2 aliphatic heterocycles. The minimum Gasteiger partial charge on any atom is -0.481 e. The zero-order valence-corrected chi connectivity index (χ0v) is 39.2. The maximum atomic E-state index is 12.5. The number of hydrogen-bond donors (Lipinski definition) is 4. The number of carbonyl (C=O) groups excluding carboxylic acids is 4. The van der Waals surface area contributed by atoms with E-state index in [0.29, 0.717) is 12.8 Å². The number of fused-ring (bicyclic) bond motifs is 2. The fourth-order valence-corrected chi connectivity index (χ4v) is 13.4. The van der Waals surface area contributed by atoms with Gasteiger partial charge in [-0.2, -0.15) is 0 Å². The summed E-state index contributed by atoms with van der Waals surface area (Å²) in [7, 11) is 0. The lowest BCUT2D eigenvalue weighted by Crippen LogP contribution is -2.41. The Morgan fingerprint density at radius 1 is 0.695 bits per heavy atom. The molecule has 2 aromatic heterocycles. The second-order valence-electron chi connectivity index (χ2n) is 14.9. The van der Waals surface area contributed by atoms with E-state index in [4.69, 9.17) is 24.4 Å². The van der Waals surface area contributed by atoms with E-state index < -0.39 is 66.0 Å². The van der Waals surface area contributed by atoms with Crippen LogP contribution in [0.3, 0.4) is 0 Å². The van der Waals surface area contributed by atoms with Crippen molar-refractivity contribution < 1.29 is 58.6 Å². The summed E-state index contributed by atoms with van der Waals surface area (Å²) in [5.74, 6) is -5.03. The van der Waals surface area contributed by atoms with E-state index in [1.807, 2.05) is 30.3 Å². The molecule has 0 amide bonds. The first-order chi connectivity index (χ1) is 28.2. The minimum atomic E-state index is -0.987. The molecular weight excluding hydrogens is 1220 g/mol. The van der Waals surface area contributed by atoms with E-state index in [9.17, 15) is 34.2 Å². The topological polar surface area (TPSA) is 230 Å². The van der Waals surface area contributed by atoms with Crippen LogP contribution in [0.5, 0.6) is 0 Å². The van der Waals surface area contributed by atoms with Gasteiger partial charge in [0.2, 0.25) is 0 Å². The lowest BCUT2D eigenvalue weighted by atomic mass is 9.78. The average molecular weight is 1260 g/mol. The molecule has 59 heavy (non-hydrogen) atoms. The fourth-order valence-electron chi connectivity index (χ4n) is 9.22. The largest absolute Gasteiger partial charge is 0.481 e. The molecule has 4 bridgehead atoms. The predicted octanol–water partition coefficient (Wildman–Crippen LogP) is 4.33. The van der Waals surface area contributed by atoms with Crippen LogP contribution in [0.4, 0.5) is 4.79 Å². The van der Waals surface area contributed by atoms with Gasteiger partial charge in [-0.25, -0.2) is 14.8 Å². The molecule has 10 rings (SSSR count). The number of carbonyl (C=O) groups is 5. The Morgan fingerprint density at radius 2 is 1.14 bits per heavy atom. The van der Waals surface area contributed by atoms with Gasteiger partial charge in [0.05, 0.1) is 42.5 Å². The van der Waals surface area contributed by atoms with Crippen LogP contribution >= 0.6 is 90.4 Å². The molecule has 20 heteroatoms. The second kappa shape index (κ2) is 18.7. The molecule has 2 aromatic carbocycles. The molecule has 4 N–H and O–H groups in total. The number of benzene rings is 2. The van der Waals surface area contributed by atoms with Crippen LogP contribution in [0.15, 0.2) is 73.8 Å². The van der Waals surface area contributed by atoms with Crippen LogP contribution in [-0.2, 0) is 46.6 Å².